The second-order valence-corrected chi connectivity index (χ2v) is 7.83. The van der Waals surface area contributed by atoms with Crippen LogP contribution in [0.25, 0.3) is 0 Å². The molecular weight excluding hydrogens is 354 g/mol. The molecule has 0 aliphatic heterocycles. The lowest BCUT2D eigenvalue weighted by Gasteiger charge is -2.25. The number of amides is 1. The molecule has 1 unspecified atom stereocenters. The van der Waals surface area contributed by atoms with Crippen LogP contribution in [0, 0.1) is 6.92 Å². The monoisotopic (exact) mass is 379 g/mol. The van der Waals surface area contributed by atoms with Gasteiger partial charge in [-0.25, -0.2) is 4.98 Å². The molecule has 0 saturated heterocycles. The first-order chi connectivity index (χ1) is 11.9. The maximum absolute atomic E-state index is 12.6. The second kappa shape index (κ2) is 9.32. The minimum absolute atomic E-state index is 0.0189. The van der Waals surface area contributed by atoms with Crippen molar-refractivity contribution < 1.29 is 4.79 Å². The lowest BCUT2D eigenvalue weighted by molar-refractivity contribution is 0.0945. The van der Waals surface area contributed by atoms with Crippen LogP contribution in [0.5, 0.6) is 0 Å². The van der Waals surface area contributed by atoms with Crippen molar-refractivity contribution in [2.24, 2.45) is 0 Å². The summed E-state index contributed by atoms with van der Waals surface area (Å²) in [5.74, 6) is -0.0587. The third-order valence-electron chi connectivity index (χ3n) is 4.13. The molecule has 1 heterocycles. The summed E-state index contributed by atoms with van der Waals surface area (Å²) in [7, 11) is 3.97. The van der Waals surface area contributed by atoms with Gasteiger partial charge in [-0.15, -0.1) is 11.3 Å². The third kappa shape index (κ3) is 5.27. The number of hydrogen-bond donors (Lipinski definition) is 1. The van der Waals surface area contributed by atoms with E-state index < -0.39 is 0 Å². The highest BCUT2D eigenvalue weighted by molar-refractivity contribution is 7.13. The molecule has 0 bridgehead atoms. The summed E-state index contributed by atoms with van der Waals surface area (Å²) >= 11 is 7.83. The zero-order valence-corrected chi connectivity index (χ0v) is 16.9. The van der Waals surface area contributed by atoms with E-state index in [4.69, 9.17) is 11.6 Å². The van der Waals surface area contributed by atoms with Crippen LogP contribution in [-0.2, 0) is 6.42 Å². The fourth-order valence-corrected chi connectivity index (χ4v) is 3.97. The van der Waals surface area contributed by atoms with Gasteiger partial charge in [-0.1, -0.05) is 43.1 Å². The van der Waals surface area contributed by atoms with Crippen molar-refractivity contribution in [3.63, 3.8) is 0 Å². The van der Waals surface area contributed by atoms with E-state index in [0.717, 1.165) is 35.5 Å². The summed E-state index contributed by atoms with van der Waals surface area (Å²) < 4.78 is 0. The Labute approximate surface area is 159 Å². The average Bonchev–Trinajstić information content (AvgIpc) is 2.95. The van der Waals surface area contributed by atoms with Crippen molar-refractivity contribution >= 4 is 28.8 Å². The molecule has 1 N–H and O–H groups in total. The van der Waals surface area contributed by atoms with Crippen LogP contribution in [0.1, 0.15) is 51.7 Å². The molecule has 25 heavy (non-hydrogen) atoms. The number of benzene rings is 1. The number of likely N-dealkylation sites (N-methyl/N-ethyl adjacent to an activating group) is 1. The van der Waals surface area contributed by atoms with Gasteiger partial charge in [-0.05, 0) is 45.5 Å². The van der Waals surface area contributed by atoms with Gasteiger partial charge in [-0.2, -0.15) is 0 Å². The first-order valence-corrected chi connectivity index (χ1v) is 9.78. The number of carbonyl (C=O) groups excluding carboxylic acids is 1. The number of aryl methyl sites for hydroxylation is 2. The molecule has 1 amide bonds. The molecule has 0 aliphatic carbocycles. The fourth-order valence-electron chi connectivity index (χ4n) is 2.68. The zero-order valence-electron chi connectivity index (χ0n) is 15.3. The minimum atomic E-state index is -0.0587. The lowest BCUT2D eigenvalue weighted by Crippen LogP contribution is -2.34. The SMILES string of the molecule is CCCCc1nc(C)c(C(=O)NCC(c2ccccc2Cl)N(C)C)s1. The van der Waals surface area contributed by atoms with Crippen LogP contribution in [-0.4, -0.2) is 36.4 Å². The normalized spacial score (nSPS) is 12.4. The number of aromatic nitrogens is 1. The van der Waals surface area contributed by atoms with E-state index in [1.807, 2.05) is 45.3 Å². The number of nitrogens with one attached hydrogen (secondary N) is 1. The fraction of sp³-hybridized carbons (Fsp3) is 0.474. The molecule has 0 saturated carbocycles. The maximum Gasteiger partial charge on any atom is 0.263 e. The Hall–Kier alpha value is -1.43. The van der Waals surface area contributed by atoms with Crippen LogP contribution in [0.15, 0.2) is 24.3 Å². The minimum Gasteiger partial charge on any atom is -0.349 e. The Morgan fingerprint density at radius 2 is 2.08 bits per heavy atom. The van der Waals surface area contributed by atoms with Crippen molar-refractivity contribution in [2.75, 3.05) is 20.6 Å². The predicted molar refractivity (Wildman–Crippen MR) is 106 cm³/mol. The van der Waals surface area contributed by atoms with Gasteiger partial charge < -0.3 is 10.2 Å². The summed E-state index contributed by atoms with van der Waals surface area (Å²) in [6.07, 6.45) is 3.17. The van der Waals surface area contributed by atoms with Crippen LogP contribution < -0.4 is 5.32 Å². The molecule has 2 rings (SSSR count). The van der Waals surface area contributed by atoms with E-state index in [2.05, 4.69) is 22.1 Å². The molecular formula is C19H26ClN3OS. The van der Waals surface area contributed by atoms with E-state index in [0.29, 0.717) is 16.4 Å². The summed E-state index contributed by atoms with van der Waals surface area (Å²) in [6, 6.07) is 7.77. The highest BCUT2D eigenvalue weighted by atomic mass is 35.5. The van der Waals surface area contributed by atoms with Gasteiger partial charge in [0.2, 0.25) is 0 Å². The highest BCUT2D eigenvalue weighted by Crippen LogP contribution is 2.26. The van der Waals surface area contributed by atoms with E-state index in [1.54, 1.807) is 0 Å². The summed E-state index contributed by atoms with van der Waals surface area (Å²) in [4.78, 5) is 19.9. The Kier molecular flexibility index (Phi) is 7.41. The largest absolute Gasteiger partial charge is 0.349 e. The molecule has 2 aromatic rings. The quantitative estimate of drug-likeness (QED) is 0.735. The molecule has 6 heteroatoms. The second-order valence-electron chi connectivity index (χ2n) is 6.34. The topological polar surface area (TPSA) is 45.2 Å². The number of halogens is 1. The first-order valence-electron chi connectivity index (χ1n) is 8.59. The summed E-state index contributed by atoms with van der Waals surface area (Å²) in [6.45, 7) is 4.56. The van der Waals surface area contributed by atoms with Crippen molar-refractivity contribution in [3.05, 3.63) is 50.4 Å². The molecule has 0 spiro atoms. The van der Waals surface area contributed by atoms with Gasteiger partial charge in [0.05, 0.1) is 16.7 Å². The van der Waals surface area contributed by atoms with Crippen LogP contribution >= 0.6 is 22.9 Å². The van der Waals surface area contributed by atoms with E-state index in [9.17, 15) is 4.79 Å². The van der Waals surface area contributed by atoms with E-state index in [1.165, 1.54) is 11.3 Å². The standard InChI is InChI=1S/C19H26ClN3OS/c1-5-6-11-17-22-13(2)18(25-17)19(24)21-12-16(23(3)4)14-9-7-8-10-15(14)20/h7-10,16H,5-6,11-12H2,1-4H3,(H,21,24). The van der Waals surface area contributed by atoms with Crippen LogP contribution in [0.3, 0.4) is 0 Å². The third-order valence-corrected chi connectivity index (χ3v) is 5.70. The zero-order chi connectivity index (χ0) is 18.4. The van der Waals surface area contributed by atoms with Crippen molar-refractivity contribution in [2.45, 2.75) is 39.2 Å². The summed E-state index contributed by atoms with van der Waals surface area (Å²) in [5.41, 5.74) is 1.83. The Balaban J connectivity index is 2.07. The Morgan fingerprint density at radius 3 is 2.72 bits per heavy atom. The number of thiazole rings is 1. The van der Waals surface area contributed by atoms with Gasteiger partial charge in [-0.3, -0.25) is 4.79 Å². The molecule has 4 nitrogen and oxygen atoms in total. The first kappa shape index (κ1) is 19.9. The molecule has 1 atom stereocenters. The average molecular weight is 380 g/mol. The maximum atomic E-state index is 12.6. The molecule has 0 radical (unpaired) electrons. The van der Waals surface area contributed by atoms with Crippen molar-refractivity contribution in [1.29, 1.82) is 0 Å². The Bertz CT molecular complexity index is 714. The molecule has 1 aromatic heterocycles. The number of carbonyl (C=O) groups is 1. The summed E-state index contributed by atoms with van der Waals surface area (Å²) in [5, 5.41) is 4.80. The number of rotatable bonds is 8. The number of nitrogens with zero attached hydrogens (tertiary/aromatic N) is 2. The van der Waals surface area contributed by atoms with Gasteiger partial charge in [0.25, 0.3) is 5.91 Å². The number of unbranched alkanes of at least 4 members (excludes halogenated alkanes) is 1. The van der Waals surface area contributed by atoms with Crippen LogP contribution in [0.2, 0.25) is 5.02 Å². The van der Waals surface area contributed by atoms with Gasteiger partial charge in [0, 0.05) is 11.6 Å². The van der Waals surface area contributed by atoms with Crippen LogP contribution in [0.4, 0.5) is 0 Å². The highest BCUT2D eigenvalue weighted by Gasteiger charge is 2.20. The number of hydrogen-bond acceptors (Lipinski definition) is 4. The van der Waals surface area contributed by atoms with Gasteiger partial charge >= 0.3 is 0 Å². The Morgan fingerprint density at radius 1 is 1.36 bits per heavy atom. The van der Waals surface area contributed by atoms with E-state index in [-0.39, 0.29) is 11.9 Å². The van der Waals surface area contributed by atoms with Crippen molar-refractivity contribution in [1.82, 2.24) is 15.2 Å². The van der Waals surface area contributed by atoms with Gasteiger partial charge in [0.15, 0.2) is 0 Å². The molecule has 136 valence electrons. The molecule has 1 aromatic carbocycles. The lowest BCUT2D eigenvalue weighted by atomic mass is 10.1. The van der Waals surface area contributed by atoms with Gasteiger partial charge in [0.1, 0.15) is 4.88 Å². The molecule has 0 aliphatic rings. The predicted octanol–water partition coefficient (Wildman–Crippen LogP) is 4.48. The smallest absolute Gasteiger partial charge is 0.263 e. The molecule has 0 fully saturated rings. The van der Waals surface area contributed by atoms with E-state index >= 15 is 0 Å². The van der Waals surface area contributed by atoms with Crippen molar-refractivity contribution in [3.8, 4) is 0 Å².